The molecule has 1 atom stereocenters. The van der Waals surface area contributed by atoms with Crippen LogP contribution in [0.25, 0.3) is 0 Å². The molecule has 0 radical (unpaired) electrons. The van der Waals surface area contributed by atoms with E-state index in [4.69, 9.17) is 0 Å². The van der Waals surface area contributed by atoms with E-state index in [0.29, 0.717) is 6.04 Å². The summed E-state index contributed by atoms with van der Waals surface area (Å²) in [4.78, 5) is 11.3. The maximum absolute atomic E-state index is 4.28. The zero-order chi connectivity index (χ0) is 14.4. The van der Waals surface area contributed by atoms with E-state index < -0.39 is 0 Å². The van der Waals surface area contributed by atoms with Gasteiger partial charge in [0.2, 0.25) is 0 Å². The number of thiophene rings is 1. The smallest absolute Gasteiger partial charge is 0.131 e. The van der Waals surface area contributed by atoms with Crippen molar-refractivity contribution in [2.45, 2.75) is 39.7 Å². The molecule has 0 aromatic carbocycles. The third kappa shape index (κ3) is 4.49. The fraction of sp³-hybridized carbons (Fsp3) is 0.467. The van der Waals surface area contributed by atoms with Crippen molar-refractivity contribution in [3.63, 3.8) is 0 Å². The monoisotopic (exact) mass is 290 g/mol. The van der Waals surface area contributed by atoms with Crippen molar-refractivity contribution in [2.75, 3.05) is 17.2 Å². The van der Waals surface area contributed by atoms with Crippen LogP contribution >= 0.6 is 11.3 Å². The molecule has 0 spiro atoms. The Morgan fingerprint density at radius 2 is 2.05 bits per heavy atom. The molecule has 5 heteroatoms. The van der Waals surface area contributed by atoms with Crippen molar-refractivity contribution in [3.05, 3.63) is 34.3 Å². The summed E-state index contributed by atoms with van der Waals surface area (Å²) in [6.07, 6.45) is 3.70. The average Bonchev–Trinajstić information content (AvgIpc) is 2.82. The Kier molecular flexibility index (Phi) is 5.35. The highest BCUT2D eigenvalue weighted by molar-refractivity contribution is 7.11. The molecule has 0 bridgehead atoms. The largest absolute Gasteiger partial charge is 0.370 e. The normalized spacial score (nSPS) is 12.2. The molecule has 1 unspecified atom stereocenters. The van der Waals surface area contributed by atoms with Gasteiger partial charge in [-0.15, -0.1) is 11.3 Å². The number of hydrogen-bond acceptors (Lipinski definition) is 5. The van der Waals surface area contributed by atoms with Crippen LogP contribution in [-0.2, 0) is 6.42 Å². The lowest BCUT2D eigenvalue weighted by Gasteiger charge is -2.14. The molecule has 2 aromatic rings. The molecule has 20 heavy (non-hydrogen) atoms. The number of nitrogens with zero attached hydrogens (tertiary/aromatic N) is 2. The van der Waals surface area contributed by atoms with Crippen LogP contribution in [0.2, 0.25) is 0 Å². The van der Waals surface area contributed by atoms with Gasteiger partial charge in [0.1, 0.15) is 18.0 Å². The number of aryl methyl sites for hydroxylation is 1. The Balaban J connectivity index is 1.91. The molecule has 0 fully saturated rings. The molecule has 4 nitrogen and oxygen atoms in total. The standard InChI is InChI=1S/C15H22N4S/c1-4-7-16-14-9-15(18-10-17-14)19-11(2)8-13-6-5-12(3)20-13/h5-6,9-11H,4,7-8H2,1-3H3,(H2,16,17,18,19). The van der Waals surface area contributed by atoms with Gasteiger partial charge in [0.05, 0.1) is 0 Å². The summed E-state index contributed by atoms with van der Waals surface area (Å²) < 4.78 is 0. The van der Waals surface area contributed by atoms with Crippen LogP contribution in [0.15, 0.2) is 24.5 Å². The first-order valence-electron chi connectivity index (χ1n) is 7.05. The fourth-order valence-electron chi connectivity index (χ4n) is 1.99. The second kappa shape index (κ2) is 7.24. The highest BCUT2D eigenvalue weighted by Crippen LogP contribution is 2.18. The first-order chi connectivity index (χ1) is 9.67. The Morgan fingerprint density at radius 3 is 2.75 bits per heavy atom. The summed E-state index contributed by atoms with van der Waals surface area (Å²) in [5.74, 6) is 1.75. The van der Waals surface area contributed by atoms with E-state index in [-0.39, 0.29) is 0 Å². The second-order valence-corrected chi connectivity index (χ2v) is 6.35. The minimum atomic E-state index is 0.349. The number of hydrogen-bond donors (Lipinski definition) is 2. The topological polar surface area (TPSA) is 49.8 Å². The fourth-order valence-corrected chi connectivity index (χ4v) is 3.01. The lowest BCUT2D eigenvalue weighted by Crippen LogP contribution is -2.18. The summed E-state index contributed by atoms with van der Waals surface area (Å²) in [7, 11) is 0. The number of nitrogens with one attached hydrogen (secondary N) is 2. The average molecular weight is 290 g/mol. The quantitative estimate of drug-likeness (QED) is 0.816. The van der Waals surface area contributed by atoms with Crippen LogP contribution in [0.4, 0.5) is 11.6 Å². The third-order valence-electron chi connectivity index (χ3n) is 2.92. The highest BCUT2D eigenvalue weighted by Gasteiger charge is 2.07. The van der Waals surface area contributed by atoms with Gasteiger partial charge in [-0.1, -0.05) is 6.92 Å². The van der Waals surface area contributed by atoms with Crippen LogP contribution < -0.4 is 10.6 Å². The molecule has 2 aromatic heterocycles. The van der Waals surface area contributed by atoms with Crippen molar-refractivity contribution < 1.29 is 0 Å². The summed E-state index contributed by atoms with van der Waals surface area (Å²) in [6, 6.07) is 6.68. The first-order valence-corrected chi connectivity index (χ1v) is 7.86. The van der Waals surface area contributed by atoms with Gasteiger partial charge in [-0.3, -0.25) is 0 Å². The van der Waals surface area contributed by atoms with E-state index in [1.807, 2.05) is 17.4 Å². The van der Waals surface area contributed by atoms with Crippen molar-refractivity contribution in [3.8, 4) is 0 Å². The van der Waals surface area contributed by atoms with Crippen LogP contribution in [-0.4, -0.2) is 22.6 Å². The summed E-state index contributed by atoms with van der Waals surface area (Å²) >= 11 is 1.86. The molecule has 0 saturated heterocycles. The van der Waals surface area contributed by atoms with Gasteiger partial charge in [-0.25, -0.2) is 9.97 Å². The highest BCUT2D eigenvalue weighted by atomic mass is 32.1. The van der Waals surface area contributed by atoms with E-state index >= 15 is 0 Å². The Hall–Kier alpha value is -1.62. The summed E-state index contributed by atoms with van der Waals surface area (Å²) in [5.41, 5.74) is 0. The lowest BCUT2D eigenvalue weighted by atomic mass is 10.2. The zero-order valence-electron chi connectivity index (χ0n) is 12.3. The van der Waals surface area contributed by atoms with Gasteiger partial charge in [0.25, 0.3) is 0 Å². The van der Waals surface area contributed by atoms with Crippen LogP contribution in [0, 0.1) is 6.92 Å². The van der Waals surface area contributed by atoms with Crippen molar-refractivity contribution >= 4 is 23.0 Å². The first kappa shape index (κ1) is 14.8. The Bertz CT molecular complexity index is 538. The van der Waals surface area contributed by atoms with E-state index in [2.05, 4.69) is 53.5 Å². The molecule has 0 aliphatic rings. The second-order valence-electron chi connectivity index (χ2n) is 4.98. The van der Waals surface area contributed by atoms with Gasteiger partial charge in [0, 0.05) is 34.8 Å². The molecular weight excluding hydrogens is 268 g/mol. The molecule has 2 heterocycles. The predicted molar refractivity (Wildman–Crippen MR) is 86.7 cm³/mol. The van der Waals surface area contributed by atoms with E-state index in [0.717, 1.165) is 31.0 Å². The Morgan fingerprint density at radius 1 is 1.25 bits per heavy atom. The van der Waals surface area contributed by atoms with Crippen LogP contribution in [0.3, 0.4) is 0 Å². The molecule has 0 aliphatic heterocycles. The summed E-state index contributed by atoms with van der Waals surface area (Å²) in [5, 5.41) is 6.70. The summed E-state index contributed by atoms with van der Waals surface area (Å²) in [6.45, 7) is 7.39. The van der Waals surface area contributed by atoms with E-state index in [1.165, 1.54) is 9.75 Å². The van der Waals surface area contributed by atoms with Gasteiger partial charge in [-0.2, -0.15) is 0 Å². The van der Waals surface area contributed by atoms with E-state index in [9.17, 15) is 0 Å². The molecule has 2 N–H and O–H groups in total. The zero-order valence-corrected chi connectivity index (χ0v) is 13.1. The Labute approximate surface area is 124 Å². The maximum atomic E-state index is 4.28. The number of rotatable bonds is 7. The van der Waals surface area contributed by atoms with Crippen molar-refractivity contribution in [2.24, 2.45) is 0 Å². The molecule has 2 rings (SSSR count). The lowest BCUT2D eigenvalue weighted by molar-refractivity contribution is 0.793. The molecule has 0 saturated carbocycles. The third-order valence-corrected chi connectivity index (χ3v) is 3.94. The molecule has 0 amide bonds. The van der Waals surface area contributed by atoms with Crippen molar-refractivity contribution in [1.29, 1.82) is 0 Å². The SMILES string of the molecule is CCCNc1cc(NC(C)Cc2ccc(C)s2)ncn1. The molecule has 0 aliphatic carbocycles. The van der Waals surface area contributed by atoms with Gasteiger partial charge < -0.3 is 10.6 Å². The predicted octanol–water partition coefficient (Wildman–Crippen LogP) is 3.71. The van der Waals surface area contributed by atoms with Gasteiger partial charge in [-0.05, 0) is 32.4 Å². The van der Waals surface area contributed by atoms with Crippen LogP contribution in [0.5, 0.6) is 0 Å². The minimum absolute atomic E-state index is 0.349. The molecule has 108 valence electrons. The van der Waals surface area contributed by atoms with Gasteiger partial charge in [0.15, 0.2) is 0 Å². The van der Waals surface area contributed by atoms with E-state index in [1.54, 1.807) is 6.33 Å². The van der Waals surface area contributed by atoms with Crippen molar-refractivity contribution in [1.82, 2.24) is 9.97 Å². The van der Waals surface area contributed by atoms with Gasteiger partial charge >= 0.3 is 0 Å². The number of aromatic nitrogens is 2. The number of anilines is 2. The van der Waals surface area contributed by atoms with Crippen LogP contribution in [0.1, 0.15) is 30.0 Å². The maximum Gasteiger partial charge on any atom is 0.131 e. The minimum Gasteiger partial charge on any atom is -0.370 e. The molecular formula is C15H22N4S.